The lowest BCUT2D eigenvalue weighted by atomic mass is 10.3. The van der Waals surface area contributed by atoms with Crippen molar-refractivity contribution in [2.75, 3.05) is 36.3 Å². The van der Waals surface area contributed by atoms with Gasteiger partial charge in [0.2, 0.25) is 5.91 Å². The van der Waals surface area contributed by atoms with E-state index >= 15 is 0 Å². The smallest absolute Gasteiger partial charge is 0.263 e. The lowest BCUT2D eigenvalue weighted by molar-refractivity contribution is -0.134. The molecule has 3 aromatic rings. The van der Waals surface area contributed by atoms with Gasteiger partial charge < -0.3 is 15.0 Å². The molecule has 31 heavy (non-hydrogen) atoms. The Morgan fingerprint density at radius 1 is 1.13 bits per heavy atom. The molecule has 0 saturated carbocycles. The molecule has 1 aliphatic rings. The Morgan fingerprint density at radius 3 is 2.61 bits per heavy atom. The highest BCUT2D eigenvalue weighted by molar-refractivity contribution is 7.93. The second-order valence-corrected chi connectivity index (χ2v) is 10.4. The number of thiazole rings is 1. The fourth-order valence-corrected chi connectivity index (χ4v) is 5.65. The molecule has 1 amide bonds. The fraction of sp³-hybridized carbons (Fsp3) is 0.300. The number of hydrogen-bond acceptors (Lipinski definition) is 8. The Hall–Kier alpha value is -2.47. The monoisotopic (exact) mass is 478 g/mol. The van der Waals surface area contributed by atoms with Gasteiger partial charge >= 0.3 is 0 Å². The van der Waals surface area contributed by atoms with E-state index in [4.69, 9.17) is 4.74 Å². The maximum Gasteiger partial charge on any atom is 0.263 e. The average molecular weight is 479 g/mol. The second kappa shape index (κ2) is 9.77. The lowest BCUT2D eigenvalue weighted by Gasteiger charge is -2.26. The number of rotatable bonds is 8. The summed E-state index contributed by atoms with van der Waals surface area (Å²) in [5.41, 5.74) is 1.39. The van der Waals surface area contributed by atoms with Crippen LogP contribution in [0.4, 0.5) is 10.8 Å². The Bertz CT molecular complexity index is 1110. The van der Waals surface area contributed by atoms with Gasteiger partial charge in [0.15, 0.2) is 5.13 Å². The first kappa shape index (κ1) is 21.8. The Balaban J connectivity index is 1.34. The molecule has 0 spiro atoms. The van der Waals surface area contributed by atoms with Gasteiger partial charge in [-0.05, 0) is 35.7 Å². The van der Waals surface area contributed by atoms with Gasteiger partial charge in [-0.3, -0.25) is 9.52 Å². The molecule has 1 aromatic carbocycles. The van der Waals surface area contributed by atoms with Crippen LogP contribution in [0.25, 0.3) is 0 Å². The number of thiophene rings is 1. The number of amides is 1. The number of nitrogens with zero attached hydrogens (tertiary/aromatic N) is 2. The van der Waals surface area contributed by atoms with Crippen molar-refractivity contribution in [2.45, 2.75) is 17.9 Å². The van der Waals surface area contributed by atoms with Crippen molar-refractivity contribution >= 4 is 49.4 Å². The first-order valence-corrected chi connectivity index (χ1v) is 12.9. The molecule has 2 aromatic heterocycles. The number of carbonyl (C=O) groups excluding carboxylic acids is 1. The predicted octanol–water partition coefficient (Wildman–Crippen LogP) is 3.02. The Labute approximate surface area is 188 Å². The van der Waals surface area contributed by atoms with E-state index in [-0.39, 0.29) is 22.4 Å². The van der Waals surface area contributed by atoms with Crippen molar-refractivity contribution in [3.63, 3.8) is 0 Å². The summed E-state index contributed by atoms with van der Waals surface area (Å²) in [6, 6.07) is 10.6. The van der Waals surface area contributed by atoms with Crippen molar-refractivity contribution in [2.24, 2.45) is 0 Å². The normalized spacial score (nSPS) is 14.4. The quantitative estimate of drug-likeness (QED) is 0.516. The van der Waals surface area contributed by atoms with Crippen LogP contribution in [0.3, 0.4) is 0 Å². The number of benzene rings is 1. The van der Waals surface area contributed by atoms with Gasteiger partial charge in [-0.15, -0.1) is 22.7 Å². The van der Waals surface area contributed by atoms with E-state index in [1.54, 1.807) is 45.9 Å². The van der Waals surface area contributed by atoms with Gasteiger partial charge in [-0.25, -0.2) is 13.4 Å². The number of nitrogens with one attached hydrogen (secondary N) is 2. The number of hydrogen-bond donors (Lipinski definition) is 2. The summed E-state index contributed by atoms with van der Waals surface area (Å²) >= 11 is 2.82. The van der Waals surface area contributed by atoms with Crippen LogP contribution in [-0.4, -0.2) is 50.5 Å². The van der Waals surface area contributed by atoms with Crippen molar-refractivity contribution in [1.29, 1.82) is 0 Å². The zero-order valence-electron chi connectivity index (χ0n) is 16.6. The minimum Gasteiger partial charge on any atom is -0.380 e. The summed E-state index contributed by atoms with van der Waals surface area (Å²) in [6.45, 7) is 2.90. The SMILES string of the molecule is O=C(Cc1csc(NS(=O)(=O)c2ccc(NCc3cccs3)cc2)n1)N1CCOCC1. The predicted molar refractivity (Wildman–Crippen MR) is 122 cm³/mol. The molecule has 0 radical (unpaired) electrons. The summed E-state index contributed by atoms with van der Waals surface area (Å²) < 4.78 is 33.1. The number of carbonyl (C=O) groups is 1. The van der Waals surface area contributed by atoms with Crippen LogP contribution in [0.5, 0.6) is 0 Å². The molecule has 164 valence electrons. The third-order valence-electron chi connectivity index (χ3n) is 4.68. The molecule has 1 aliphatic heterocycles. The summed E-state index contributed by atoms with van der Waals surface area (Å²) in [5.74, 6) is -0.0337. The maximum absolute atomic E-state index is 12.7. The summed E-state index contributed by atoms with van der Waals surface area (Å²) in [7, 11) is -3.76. The summed E-state index contributed by atoms with van der Waals surface area (Å²) in [6.07, 6.45) is 0.142. The molecule has 1 fully saturated rings. The zero-order valence-corrected chi connectivity index (χ0v) is 19.1. The minimum absolute atomic E-state index is 0.0337. The van der Waals surface area contributed by atoms with Crippen LogP contribution < -0.4 is 10.0 Å². The van der Waals surface area contributed by atoms with E-state index in [1.807, 2.05) is 17.5 Å². The van der Waals surface area contributed by atoms with Gasteiger partial charge in [0.25, 0.3) is 10.0 Å². The molecule has 4 rings (SSSR count). The highest BCUT2D eigenvalue weighted by Gasteiger charge is 2.20. The molecule has 0 unspecified atom stereocenters. The first-order valence-electron chi connectivity index (χ1n) is 9.69. The lowest BCUT2D eigenvalue weighted by Crippen LogP contribution is -2.41. The largest absolute Gasteiger partial charge is 0.380 e. The van der Waals surface area contributed by atoms with Gasteiger partial charge in [0.05, 0.1) is 30.2 Å². The van der Waals surface area contributed by atoms with Gasteiger partial charge in [-0.1, -0.05) is 6.07 Å². The van der Waals surface area contributed by atoms with Gasteiger partial charge in [-0.2, -0.15) is 0 Å². The number of morpholine rings is 1. The van der Waals surface area contributed by atoms with Crippen LogP contribution in [0.15, 0.2) is 52.1 Å². The molecular formula is C20H22N4O4S3. The third kappa shape index (κ3) is 5.82. The van der Waals surface area contributed by atoms with Crippen LogP contribution in [-0.2, 0) is 32.5 Å². The van der Waals surface area contributed by atoms with E-state index in [0.29, 0.717) is 38.5 Å². The number of ether oxygens (including phenoxy) is 1. The molecular weight excluding hydrogens is 456 g/mol. The molecule has 11 heteroatoms. The van der Waals surface area contributed by atoms with Gasteiger partial charge in [0.1, 0.15) is 0 Å². The van der Waals surface area contributed by atoms with E-state index in [9.17, 15) is 13.2 Å². The second-order valence-electron chi connectivity index (χ2n) is 6.88. The Morgan fingerprint density at radius 2 is 1.90 bits per heavy atom. The van der Waals surface area contributed by atoms with E-state index in [0.717, 1.165) is 17.0 Å². The number of anilines is 2. The van der Waals surface area contributed by atoms with Crippen LogP contribution >= 0.6 is 22.7 Å². The molecule has 0 aliphatic carbocycles. The third-order valence-corrected chi connectivity index (χ3v) is 7.85. The van der Waals surface area contributed by atoms with E-state index in [1.165, 1.54) is 4.88 Å². The molecule has 0 bridgehead atoms. The minimum atomic E-state index is -3.76. The van der Waals surface area contributed by atoms with E-state index in [2.05, 4.69) is 15.0 Å². The highest BCUT2D eigenvalue weighted by atomic mass is 32.2. The average Bonchev–Trinajstić information content (AvgIpc) is 3.45. The zero-order chi connectivity index (χ0) is 21.7. The molecule has 0 atom stereocenters. The van der Waals surface area contributed by atoms with Gasteiger partial charge in [0, 0.05) is 35.6 Å². The van der Waals surface area contributed by atoms with Crippen molar-refractivity contribution in [3.8, 4) is 0 Å². The number of aromatic nitrogens is 1. The molecule has 8 nitrogen and oxygen atoms in total. The summed E-state index contributed by atoms with van der Waals surface area (Å²) in [5, 5.41) is 7.22. The van der Waals surface area contributed by atoms with Crippen LogP contribution in [0.1, 0.15) is 10.6 Å². The highest BCUT2D eigenvalue weighted by Crippen LogP contribution is 2.22. The topological polar surface area (TPSA) is 101 Å². The maximum atomic E-state index is 12.7. The summed E-state index contributed by atoms with van der Waals surface area (Å²) in [4.78, 5) is 19.7. The van der Waals surface area contributed by atoms with Crippen LogP contribution in [0.2, 0.25) is 0 Å². The fourth-order valence-electron chi connectivity index (χ4n) is 3.04. The van der Waals surface area contributed by atoms with E-state index < -0.39 is 10.0 Å². The first-order chi connectivity index (χ1) is 15.0. The van der Waals surface area contributed by atoms with Crippen molar-refractivity contribution in [1.82, 2.24) is 9.88 Å². The Kier molecular flexibility index (Phi) is 6.86. The molecule has 2 N–H and O–H groups in total. The molecule has 3 heterocycles. The van der Waals surface area contributed by atoms with Crippen molar-refractivity contribution in [3.05, 3.63) is 57.7 Å². The molecule has 1 saturated heterocycles. The van der Waals surface area contributed by atoms with Crippen LogP contribution in [0, 0.1) is 0 Å². The van der Waals surface area contributed by atoms with Crippen molar-refractivity contribution < 1.29 is 17.9 Å². The standard InChI is InChI=1S/C20H22N4O4S3/c25-19(24-7-9-28-10-8-24)12-16-14-30-20(22-16)23-31(26,27)18-5-3-15(4-6-18)21-13-17-2-1-11-29-17/h1-6,11,14,21H,7-10,12-13H2,(H,22,23). The number of sulfonamides is 1.